The van der Waals surface area contributed by atoms with Crippen LogP contribution in [0.25, 0.3) is 0 Å². The molecule has 0 spiro atoms. The van der Waals surface area contributed by atoms with Gasteiger partial charge < -0.3 is 14.7 Å². The minimum atomic E-state index is -0.239. The van der Waals surface area contributed by atoms with Crippen molar-refractivity contribution in [3.05, 3.63) is 76.4 Å². The van der Waals surface area contributed by atoms with Gasteiger partial charge in [0, 0.05) is 56.0 Å². The van der Waals surface area contributed by atoms with Gasteiger partial charge in [0.2, 0.25) is 0 Å². The maximum atomic E-state index is 9.31. The van der Waals surface area contributed by atoms with E-state index in [1.54, 1.807) is 36.4 Å². The van der Waals surface area contributed by atoms with Crippen molar-refractivity contribution in [2.24, 2.45) is 5.16 Å². The highest BCUT2D eigenvalue weighted by Crippen LogP contribution is 2.41. The number of aromatic nitrogens is 1. The number of thiophene rings is 1. The summed E-state index contributed by atoms with van der Waals surface area (Å²) in [6.07, 6.45) is 6.14. The fourth-order valence-electron chi connectivity index (χ4n) is 3.95. The zero-order valence-electron chi connectivity index (χ0n) is 17.7. The Bertz CT molecular complexity index is 1040. The second kappa shape index (κ2) is 9.96. The lowest BCUT2D eigenvalue weighted by Crippen LogP contribution is -2.35. The summed E-state index contributed by atoms with van der Waals surface area (Å²) in [5.41, 5.74) is 4.79. The van der Waals surface area contributed by atoms with Crippen LogP contribution in [0.3, 0.4) is 0 Å². The molecule has 1 aromatic carbocycles. The molecule has 4 rings (SSSR count). The van der Waals surface area contributed by atoms with E-state index < -0.39 is 0 Å². The second-order valence-electron chi connectivity index (χ2n) is 7.61. The first-order valence-electron chi connectivity index (χ1n) is 10.2. The molecule has 3 aromatic rings. The molecule has 1 aliphatic rings. The van der Waals surface area contributed by atoms with Gasteiger partial charge in [0.15, 0.2) is 0 Å². The van der Waals surface area contributed by atoms with Crippen LogP contribution < -0.4 is 0 Å². The molecule has 0 saturated carbocycles. The van der Waals surface area contributed by atoms with Crippen molar-refractivity contribution >= 4 is 28.8 Å². The van der Waals surface area contributed by atoms with E-state index in [2.05, 4.69) is 39.8 Å². The van der Waals surface area contributed by atoms with Gasteiger partial charge in [-0.25, -0.2) is 0 Å². The third-order valence-electron chi connectivity index (χ3n) is 5.75. The summed E-state index contributed by atoms with van der Waals surface area (Å²) in [6, 6.07) is 12.6. The molecule has 1 N–H and O–H groups in total. The Kier molecular flexibility index (Phi) is 7.07. The molecule has 0 radical (unpaired) electrons. The van der Waals surface area contributed by atoms with Gasteiger partial charge in [-0.05, 0) is 59.7 Å². The summed E-state index contributed by atoms with van der Waals surface area (Å²) in [7, 11) is 1.80. The van der Waals surface area contributed by atoms with E-state index in [0.717, 1.165) is 54.1 Å². The van der Waals surface area contributed by atoms with Crippen LogP contribution in [0, 0.1) is 0 Å². The van der Waals surface area contributed by atoms with Gasteiger partial charge in [-0.2, -0.15) is 0 Å². The van der Waals surface area contributed by atoms with Crippen molar-refractivity contribution in [1.82, 2.24) is 4.98 Å². The quantitative estimate of drug-likeness (QED) is 0.280. The number of ether oxygens (including phenoxy) is 2. The van der Waals surface area contributed by atoms with Crippen LogP contribution >= 0.6 is 23.1 Å². The number of pyridine rings is 1. The Morgan fingerprint density at radius 3 is 2.84 bits per heavy atom. The number of oxime groups is 1. The molecule has 0 atom stereocenters. The highest BCUT2D eigenvalue weighted by atomic mass is 32.2. The van der Waals surface area contributed by atoms with Gasteiger partial charge in [0.25, 0.3) is 0 Å². The molecule has 31 heavy (non-hydrogen) atoms. The Balaban J connectivity index is 1.59. The van der Waals surface area contributed by atoms with Gasteiger partial charge in [-0.1, -0.05) is 29.1 Å². The van der Waals surface area contributed by atoms with Crippen LogP contribution in [-0.4, -0.2) is 36.2 Å². The maximum Gasteiger partial charge on any atom is 0.0979 e. The largest absolute Gasteiger partial charge is 0.411 e. The number of benzene rings is 1. The Hall–Kier alpha value is -2.19. The van der Waals surface area contributed by atoms with Crippen molar-refractivity contribution in [3.63, 3.8) is 0 Å². The molecule has 1 fully saturated rings. The first kappa shape index (κ1) is 22.0. The monoisotopic (exact) mass is 454 g/mol. The predicted molar refractivity (Wildman–Crippen MR) is 125 cm³/mol. The van der Waals surface area contributed by atoms with E-state index >= 15 is 0 Å². The van der Waals surface area contributed by atoms with Crippen LogP contribution in [0.1, 0.15) is 42.0 Å². The molecule has 3 heterocycles. The summed E-state index contributed by atoms with van der Waals surface area (Å²) < 4.78 is 12.7. The number of methoxy groups -OCH3 is 1. The third-order valence-corrected chi connectivity index (χ3v) is 7.81. The highest BCUT2D eigenvalue weighted by Gasteiger charge is 2.35. The van der Waals surface area contributed by atoms with Crippen LogP contribution in [0.15, 0.2) is 68.4 Å². The van der Waals surface area contributed by atoms with Crippen molar-refractivity contribution in [1.29, 1.82) is 0 Å². The van der Waals surface area contributed by atoms with Crippen molar-refractivity contribution in [2.75, 3.05) is 20.3 Å². The molecule has 7 heteroatoms. The number of nitrogens with zero attached hydrogens (tertiary/aromatic N) is 2. The van der Waals surface area contributed by atoms with Gasteiger partial charge in [0.05, 0.1) is 15.5 Å². The molecule has 0 aliphatic carbocycles. The minimum absolute atomic E-state index is 0.239. The predicted octanol–water partition coefficient (Wildman–Crippen LogP) is 5.74. The Labute approximate surface area is 191 Å². The van der Waals surface area contributed by atoms with Crippen LogP contribution in [-0.2, 0) is 21.5 Å². The van der Waals surface area contributed by atoms with Gasteiger partial charge in [-0.3, -0.25) is 4.98 Å². The molecule has 2 aromatic heterocycles. The molecular weight excluding hydrogens is 428 g/mol. The fourth-order valence-corrected chi connectivity index (χ4v) is 6.05. The van der Waals surface area contributed by atoms with E-state index in [9.17, 15) is 5.21 Å². The van der Waals surface area contributed by atoms with Crippen LogP contribution in [0.5, 0.6) is 0 Å². The first-order valence-corrected chi connectivity index (χ1v) is 11.9. The van der Waals surface area contributed by atoms with Gasteiger partial charge >= 0.3 is 0 Å². The standard InChI is InChI=1S/C24H26N2O3S2/c1-17(26-27)22-6-5-21(13-19(22)12-18-4-3-9-25-15-18)31-23-14-20(16-30-23)24(28-2)7-10-29-11-8-24/h3-6,9,13-16,27H,7-8,10-12H2,1-2H3/b26-17+. The van der Waals surface area contributed by atoms with E-state index in [1.165, 1.54) is 9.77 Å². The summed E-state index contributed by atoms with van der Waals surface area (Å²) in [5.74, 6) is 0. The van der Waals surface area contributed by atoms with Crippen LogP contribution in [0.2, 0.25) is 0 Å². The van der Waals surface area contributed by atoms with Gasteiger partial charge in [-0.15, -0.1) is 11.3 Å². The lowest BCUT2D eigenvalue weighted by atomic mass is 9.88. The van der Waals surface area contributed by atoms with Crippen molar-refractivity contribution in [2.45, 2.75) is 40.9 Å². The van der Waals surface area contributed by atoms with E-state index in [1.807, 2.05) is 25.3 Å². The van der Waals surface area contributed by atoms with E-state index in [-0.39, 0.29) is 5.60 Å². The maximum absolute atomic E-state index is 9.31. The molecule has 5 nitrogen and oxygen atoms in total. The van der Waals surface area contributed by atoms with Crippen molar-refractivity contribution < 1.29 is 14.7 Å². The van der Waals surface area contributed by atoms with E-state index in [4.69, 9.17) is 9.47 Å². The summed E-state index contributed by atoms with van der Waals surface area (Å²) in [6.45, 7) is 3.28. The average molecular weight is 455 g/mol. The molecule has 0 amide bonds. The van der Waals surface area contributed by atoms with E-state index in [0.29, 0.717) is 5.71 Å². The third kappa shape index (κ3) is 5.01. The zero-order chi connectivity index (χ0) is 21.7. The SMILES string of the molecule is COC1(c2csc(Sc3ccc(/C(C)=N/O)c(Cc4cccnc4)c3)c2)CCOCC1. The molecule has 1 aliphatic heterocycles. The molecular formula is C24H26N2O3S2. The zero-order valence-corrected chi connectivity index (χ0v) is 19.3. The normalized spacial score (nSPS) is 16.4. The number of rotatable bonds is 7. The number of hydrogen-bond donors (Lipinski definition) is 1. The van der Waals surface area contributed by atoms with Crippen molar-refractivity contribution in [3.8, 4) is 0 Å². The summed E-state index contributed by atoms with van der Waals surface area (Å²) >= 11 is 3.49. The molecule has 0 bridgehead atoms. The van der Waals surface area contributed by atoms with Gasteiger partial charge in [0.1, 0.15) is 0 Å². The van der Waals surface area contributed by atoms with Crippen LogP contribution in [0.4, 0.5) is 0 Å². The topological polar surface area (TPSA) is 63.9 Å². The summed E-state index contributed by atoms with van der Waals surface area (Å²) in [5, 5.41) is 14.9. The highest BCUT2D eigenvalue weighted by molar-refractivity contribution is 8.01. The fraction of sp³-hybridized carbons (Fsp3) is 0.333. The Morgan fingerprint density at radius 1 is 1.29 bits per heavy atom. The lowest BCUT2D eigenvalue weighted by Gasteiger charge is -2.35. The second-order valence-corrected chi connectivity index (χ2v) is 9.89. The number of hydrogen-bond acceptors (Lipinski definition) is 7. The average Bonchev–Trinajstić information content (AvgIpc) is 3.29. The lowest BCUT2D eigenvalue weighted by molar-refractivity contribution is -0.0946. The Morgan fingerprint density at radius 2 is 2.13 bits per heavy atom. The summed E-state index contributed by atoms with van der Waals surface area (Å²) in [4.78, 5) is 5.38. The molecule has 162 valence electrons. The molecule has 1 saturated heterocycles. The first-order chi connectivity index (χ1) is 15.1. The smallest absolute Gasteiger partial charge is 0.0979 e. The molecule has 0 unspecified atom stereocenters. The minimum Gasteiger partial charge on any atom is -0.411 e.